The Balaban J connectivity index is 1.55. The average Bonchev–Trinajstić information content (AvgIpc) is 3.11. The molecule has 0 aliphatic heterocycles. The van der Waals surface area contributed by atoms with Gasteiger partial charge in [-0.3, -0.25) is 9.59 Å². The van der Waals surface area contributed by atoms with Crippen LogP contribution in [0.2, 0.25) is 0 Å². The van der Waals surface area contributed by atoms with E-state index in [0.29, 0.717) is 5.82 Å². The highest BCUT2D eigenvalue weighted by Crippen LogP contribution is 2.09. The van der Waals surface area contributed by atoms with E-state index in [1.54, 1.807) is 30.2 Å². The van der Waals surface area contributed by atoms with Crippen LogP contribution >= 0.6 is 0 Å². The van der Waals surface area contributed by atoms with Crippen molar-refractivity contribution in [1.82, 2.24) is 19.7 Å². The topological polar surface area (TPSA) is 80.1 Å². The lowest BCUT2D eigenvalue weighted by Gasteiger charge is -2.16. The van der Waals surface area contributed by atoms with Crippen molar-refractivity contribution in [1.29, 1.82) is 0 Å². The van der Waals surface area contributed by atoms with Crippen molar-refractivity contribution in [3.63, 3.8) is 0 Å². The van der Waals surface area contributed by atoms with Gasteiger partial charge < -0.3 is 10.2 Å². The van der Waals surface area contributed by atoms with E-state index >= 15 is 0 Å². The fraction of sp³-hybridized carbons (Fsp3) is 0.200. The number of rotatable bonds is 6. The molecule has 0 aliphatic rings. The first kappa shape index (κ1) is 18.3. The van der Waals surface area contributed by atoms with Crippen molar-refractivity contribution >= 4 is 17.6 Å². The molecule has 0 saturated heterocycles. The Bertz CT molecular complexity index is 936. The highest BCUT2D eigenvalue weighted by molar-refractivity contribution is 5.94. The molecule has 1 aromatic carbocycles. The Morgan fingerprint density at radius 2 is 1.96 bits per heavy atom. The number of aromatic nitrogens is 3. The molecule has 3 rings (SSSR count). The Morgan fingerprint density at radius 1 is 1.19 bits per heavy atom. The third-order valence-corrected chi connectivity index (χ3v) is 4.00. The zero-order valence-corrected chi connectivity index (χ0v) is 15.3. The second-order valence-electron chi connectivity index (χ2n) is 6.32. The van der Waals surface area contributed by atoms with Crippen LogP contribution in [0.15, 0.2) is 61.1 Å². The largest absolute Gasteiger partial charge is 0.336 e. The third kappa shape index (κ3) is 5.01. The number of hydrogen-bond acceptors (Lipinski definition) is 4. The van der Waals surface area contributed by atoms with Gasteiger partial charge in [-0.05, 0) is 42.3 Å². The molecule has 0 aliphatic carbocycles. The summed E-state index contributed by atoms with van der Waals surface area (Å²) < 4.78 is 1.72. The number of pyridine rings is 1. The number of aryl methyl sites for hydroxylation is 1. The van der Waals surface area contributed by atoms with E-state index < -0.39 is 0 Å². The first-order chi connectivity index (χ1) is 13.0. The standard InChI is InChI=1S/C20H21N5O2/c1-15-8-9-21-18(10-15)23-19(26)14-24(2)20(27)11-16-12-22-25(13-16)17-6-4-3-5-7-17/h3-10,12-13H,11,14H2,1-2H3,(H,21,23,26). The number of likely N-dealkylation sites (N-methyl/N-ethyl adjacent to an activating group) is 1. The van der Waals surface area contributed by atoms with Gasteiger partial charge in [-0.1, -0.05) is 18.2 Å². The number of carbonyl (C=O) groups excluding carboxylic acids is 2. The van der Waals surface area contributed by atoms with E-state index in [4.69, 9.17) is 0 Å². The molecule has 7 heteroatoms. The lowest BCUT2D eigenvalue weighted by Crippen LogP contribution is -2.35. The molecule has 0 unspecified atom stereocenters. The van der Waals surface area contributed by atoms with Crippen LogP contribution < -0.4 is 5.32 Å². The van der Waals surface area contributed by atoms with Gasteiger partial charge in [0, 0.05) is 19.4 Å². The van der Waals surface area contributed by atoms with Crippen LogP contribution in [0, 0.1) is 6.92 Å². The maximum absolute atomic E-state index is 12.4. The van der Waals surface area contributed by atoms with E-state index in [1.165, 1.54) is 4.90 Å². The molecule has 2 aromatic heterocycles. The van der Waals surface area contributed by atoms with Crippen LogP contribution in [0.3, 0.4) is 0 Å². The molecule has 1 N–H and O–H groups in total. The van der Waals surface area contributed by atoms with Crippen LogP contribution in [0.4, 0.5) is 5.82 Å². The molecule has 7 nitrogen and oxygen atoms in total. The zero-order valence-electron chi connectivity index (χ0n) is 15.3. The summed E-state index contributed by atoms with van der Waals surface area (Å²) in [6.45, 7) is 1.88. The minimum atomic E-state index is -0.288. The fourth-order valence-corrected chi connectivity index (χ4v) is 2.57. The number of benzene rings is 1. The molecule has 27 heavy (non-hydrogen) atoms. The summed E-state index contributed by atoms with van der Waals surface area (Å²) in [4.78, 5) is 30.0. The Hall–Kier alpha value is -3.48. The highest BCUT2D eigenvalue weighted by Gasteiger charge is 2.15. The van der Waals surface area contributed by atoms with Crippen molar-refractivity contribution in [2.45, 2.75) is 13.3 Å². The van der Waals surface area contributed by atoms with Gasteiger partial charge in [-0.25, -0.2) is 9.67 Å². The summed E-state index contributed by atoms with van der Waals surface area (Å²) in [5.41, 5.74) is 2.71. The molecular weight excluding hydrogens is 342 g/mol. The fourth-order valence-electron chi connectivity index (χ4n) is 2.57. The molecule has 0 fully saturated rings. The number of hydrogen-bond donors (Lipinski definition) is 1. The molecule has 0 bridgehead atoms. The van der Waals surface area contributed by atoms with Crippen molar-refractivity contribution < 1.29 is 9.59 Å². The summed E-state index contributed by atoms with van der Waals surface area (Å²) in [7, 11) is 1.60. The molecule has 2 heterocycles. The lowest BCUT2D eigenvalue weighted by atomic mass is 10.2. The lowest BCUT2D eigenvalue weighted by molar-refractivity contribution is -0.132. The SMILES string of the molecule is Cc1ccnc(NC(=O)CN(C)C(=O)Cc2cnn(-c3ccccc3)c2)c1. The smallest absolute Gasteiger partial charge is 0.245 e. The maximum Gasteiger partial charge on any atom is 0.245 e. The van der Waals surface area contributed by atoms with Gasteiger partial charge in [0.15, 0.2) is 0 Å². The van der Waals surface area contributed by atoms with E-state index in [9.17, 15) is 9.59 Å². The van der Waals surface area contributed by atoms with Crippen molar-refractivity contribution in [3.8, 4) is 5.69 Å². The van der Waals surface area contributed by atoms with Gasteiger partial charge in [0.2, 0.25) is 11.8 Å². The number of amides is 2. The monoisotopic (exact) mass is 363 g/mol. The van der Waals surface area contributed by atoms with Crippen LogP contribution in [-0.4, -0.2) is 45.1 Å². The van der Waals surface area contributed by atoms with Crippen LogP contribution in [0.5, 0.6) is 0 Å². The van der Waals surface area contributed by atoms with E-state index in [0.717, 1.165) is 16.8 Å². The van der Waals surface area contributed by atoms with Gasteiger partial charge in [-0.2, -0.15) is 5.10 Å². The van der Waals surface area contributed by atoms with E-state index in [-0.39, 0.29) is 24.8 Å². The molecular formula is C20H21N5O2. The van der Waals surface area contributed by atoms with Gasteiger partial charge in [0.1, 0.15) is 5.82 Å². The second kappa shape index (κ2) is 8.27. The molecule has 2 amide bonds. The van der Waals surface area contributed by atoms with Gasteiger partial charge >= 0.3 is 0 Å². The number of carbonyl (C=O) groups is 2. The maximum atomic E-state index is 12.4. The molecule has 0 spiro atoms. The molecule has 138 valence electrons. The molecule has 3 aromatic rings. The number of para-hydroxylation sites is 1. The summed E-state index contributed by atoms with van der Waals surface area (Å²) in [5, 5.41) is 6.98. The summed E-state index contributed by atoms with van der Waals surface area (Å²) >= 11 is 0. The second-order valence-corrected chi connectivity index (χ2v) is 6.32. The van der Waals surface area contributed by atoms with Gasteiger partial charge in [-0.15, -0.1) is 0 Å². The van der Waals surface area contributed by atoms with E-state index in [1.807, 2.05) is 49.5 Å². The highest BCUT2D eigenvalue weighted by atomic mass is 16.2. The number of nitrogens with zero attached hydrogens (tertiary/aromatic N) is 4. The van der Waals surface area contributed by atoms with Crippen LogP contribution in [0.25, 0.3) is 5.69 Å². The van der Waals surface area contributed by atoms with Crippen LogP contribution in [0.1, 0.15) is 11.1 Å². The van der Waals surface area contributed by atoms with Gasteiger partial charge in [0.25, 0.3) is 0 Å². The van der Waals surface area contributed by atoms with Crippen molar-refractivity contribution in [2.24, 2.45) is 0 Å². The summed E-state index contributed by atoms with van der Waals surface area (Å²) in [6, 6.07) is 13.3. The average molecular weight is 363 g/mol. The predicted molar refractivity (Wildman–Crippen MR) is 103 cm³/mol. The summed E-state index contributed by atoms with van der Waals surface area (Å²) in [6.07, 6.45) is 5.29. The quantitative estimate of drug-likeness (QED) is 0.728. The Morgan fingerprint density at radius 3 is 2.70 bits per heavy atom. The third-order valence-electron chi connectivity index (χ3n) is 4.00. The Labute approximate surface area is 157 Å². The molecule has 0 saturated carbocycles. The minimum absolute atomic E-state index is 0.0404. The minimum Gasteiger partial charge on any atom is -0.336 e. The molecule has 0 atom stereocenters. The zero-order chi connectivity index (χ0) is 19.2. The normalized spacial score (nSPS) is 10.4. The summed E-state index contributed by atoms with van der Waals surface area (Å²) in [5.74, 6) is 0.0314. The van der Waals surface area contributed by atoms with E-state index in [2.05, 4.69) is 15.4 Å². The first-order valence-electron chi connectivity index (χ1n) is 8.57. The van der Waals surface area contributed by atoms with Crippen molar-refractivity contribution in [3.05, 3.63) is 72.2 Å². The number of nitrogens with one attached hydrogen (secondary N) is 1. The number of anilines is 1. The van der Waals surface area contributed by atoms with Gasteiger partial charge in [0.05, 0.1) is 24.8 Å². The van der Waals surface area contributed by atoms with Crippen molar-refractivity contribution in [2.75, 3.05) is 18.9 Å². The first-order valence-corrected chi connectivity index (χ1v) is 8.57. The van der Waals surface area contributed by atoms with Crippen LogP contribution in [-0.2, 0) is 16.0 Å². The Kier molecular flexibility index (Phi) is 5.61. The predicted octanol–water partition coefficient (Wildman–Crippen LogP) is 2.22. The molecule has 0 radical (unpaired) electrons.